The normalized spacial score (nSPS) is 21.4. The van der Waals surface area contributed by atoms with E-state index in [0.29, 0.717) is 31.4 Å². The molecule has 0 aliphatic carbocycles. The van der Waals surface area contributed by atoms with Crippen molar-refractivity contribution < 1.29 is 18.7 Å². The highest BCUT2D eigenvalue weighted by Gasteiger charge is 2.38. The van der Waals surface area contributed by atoms with E-state index in [9.17, 15) is 4.79 Å². The lowest BCUT2D eigenvalue weighted by Crippen LogP contribution is -2.49. The molecule has 0 N–H and O–H groups in total. The van der Waals surface area contributed by atoms with Crippen LogP contribution in [0.15, 0.2) is 53.1 Å². The highest BCUT2D eigenvalue weighted by atomic mass is 16.6. The van der Waals surface area contributed by atoms with Crippen LogP contribution in [0.2, 0.25) is 0 Å². The zero-order valence-electron chi connectivity index (χ0n) is 14.5. The second kappa shape index (κ2) is 6.55. The first kappa shape index (κ1) is 16.1. The summed E-state index contributed by atoms with van der Waals surface area (Å²) >= 11 is 0. The molecule has 0 bridgehead atoms. The number of carbonyl (C=O) groups excluding carboxylic acids is 1. The Labute approximate surface area is 155 Å². The number of hydrogen-bond donors (Lipinski definition) is 0. The number of ether oxygens (including phenoxy) is 2. The van der Waals surface area contributed by atoms with E-state index in [4.69, 9.17) is 13.9 Å². The molecule has 4 heterocycles. The summed E-state index contributed by atoms with van der Waals surface area (Å²) in [4.78, 5) is 14.7. The van der Waals surface area contributed by atoms with Crippen LogP contribution in [0.3, 0.4) is 0 Å². The van der Waals surface area contributed by atoms with Gasteiger partial charge in [0.1, 0.15) is 5.75 Å². The van der Waals surface area contributed by atoms with Crippen LogP contribution in [0.25, 0.3) is 0 Å². The monoisotopic (exact) mass is 366 g/mol. The summed E-state index contributed by atoms with van der Waals surface area (Å²) in [5, 5.41) is 8.12. The van der Waals surface area contributed by atoms with Crippen molar-refractivity contribution in [3.05, 3.63) is 60.1 Å². The number of hydrogen-bond acceptors (Lipinski definition) is 6. The first-order valence-electron chi connectivity index (χ1n) is 8.90. The van der Waals surface area contributed by atoms with E-state index in [1.54, 1.807) is 23.2 Å². The van der Waals surface area contributed by atoms with Crippen molar-refractivity contribution in [2.24, 2.45) is 0 Å². The zero-order chi connectivity index (χ0) is 18.2. The van der Waals surface area contributed by atoms with Crippen molar-refractivity contribution in [1.29, 1.82) is 0 Å². The summed E-state index contributed by atoms with van der Waals surface area (Å²) < 4.78 is 19.0. The molecule has 2 unspecified atom stereocenters. The standard InChI is InChI=1S/C19H18N4O4/c24-19(17-6-7-18(27-17)26-14-4-2-1-3-5-14)22-9-8-16-15(11-22)23-13(12-25-16)10-20-21-23/h1-7,10,15-16H,8-9,11-12H2. The first-order valence-corrected chi connectivity index (χ1v) is 8.90. The Morgan fingerprint density at radius 2 is 2.07 bits per heavy atom. The van der Waals surface area contributed by atoms with Gasteiger partial charge in [-0.1, -0.05) is 23.4 Å². The highest BCUT2D eigenvalue weighted by molar-refractivity contribution is 5.91. The molecule has 1 aromatic carbocycles. The van der Waals surface area contributed by atoms with Gasteiger partial charge in [0.15, 0.2) is 5.76 Å². The van der Waals surface area contributed by atoms with E-state index in [1.807, 2.05) is 35.0 Å². The average molecular weight is 366 g/mol. The number of rotatable bonds is 3. The third-order valence-electron chi connectivity index (χ3n) is 4.97. The van der Waals surface area contributed by atoms with Gasteiger partial charge in [-0.05, 0) is 24.6 Å². The zero-order valence-corrected chi connectivity index (χ0v) is 14.5. The van der Waals surface area contributed by atoms with Crippen LogP contribution in [-0.4, -0.2) is 45.0 Å². The lowest BCUT2D eigenvalue weighted by molar-refractivity contribution is -0.0608. The van der Waals surface area contributed by atoms with Gasteiger partial charge < -0.3 is 18.8 Å². The van der Waals surface area contributed by atoms with Gasteiger partial charge in [-0.3, -0.25) is 4.79 Å². The lowest BCUT2D eigenvalue weighted by atomic mass is 10.00. The fourth-order valence-electron chi connectivity index (χ4n) is 3.61. The molecule has 1 fully saturated rings. The van der Waals surface area contributed by atoms with Crippen LogP contribution in [-0.2, 0) is 11.3 Å². The maximum Gasteiger partial charge on any atom is 0.290 e. The number of fused-ring (bicyclic) bond motifs is 3. The molecule has 2 aromatic heterocycles. The molecule has 3 aromatic rings. The number of furan rings is 1. The Kier molecular flexibility index (Phi) is 3.90. The van der Waals surface area contributed by atoms with Crippen LogP contribution in [0, 0.1) is 0 Å². The average Bonchev–Trinajstić information content (AvgIpc) is 3.37. The fourth-order valence-corrected chi connectivity index (χ4v) is 3.61. The molecule has 138 valence electrons. The van der Waals surface area contributed by atoms with E-state index in [2.05, 4.69) is 10.3 Å². The molecule has 0 spiro atoms. The number of likely N-dealkylation sites (tertiary alicyclic amines) is 1. The summed E-state index contributed by atoms with van der Waals surface area (Å²) in [5.41, 5.74) is 0.932. The summed E-state index contributed by atoms with van der Waals surface area (Å²) in [6.07, 6.45) is 2.51. The van der Waals surface area contributed by atoms with Crippen LogP contribution in [0.4, 0.5) is 0 Å². The van der Waals surface area contributed by atoms with Crippen LogP contribution >= 0.6 is 0 Å². The Morgan fingerprint density at radius 3 is 2.96 bits per heavy atom. The quantitative estimate of drug-likeness (QED) is 0.709. The van der Waals surface area contributed by atoms with E-state index < -0.39 is 0 Å². The SMILES string of the molecule is O=C(c1ccc(Oc2ccccc2)o1)N1CCC2OCc3cnnn3C2C1. The molecule has 2 aliphatic rings. The third-order valence-corrected chi connectivity index (χ3v) is 4.97. The first-order chi connectivity index (χ1) is 13.3. The van der Waals surface area contributed by atoms with Gasteiger partial charge in [0.05, 0.1) is 30.6 Å². The summed E-state index contributed by atoms with van der Waals surface area (Å²) in [7, 11) is 0. The number of aromatic nitrogens is 3. The van der Waals surface area contributed by atoms with Gasteiger partial charge in [0.2, 0.25) is 0 Å². The van der Waals surface area contributed by atoms with Crippen LogP contribution in [0.5, 0.6) is 11.7 Å². The maximum atomic E-state index is 12.9. The molecule has 2 aliphatic heterocycles. The molecule has 1 amide bonds. The van der Waals surface area contributed by atoms with E-state index in [0.717, 1.165) is 12.1 Å². The van der Waals surface area contributed by atoms with Crippen molar-refractivity contribution >= 4 is 5.91 Å². The van der Waals surface area contributed by atoms with E-state index in [1.165, 1.54) is 0 Å². The Hall–Kier alpha value is -3.13. The summed E-state index contributed by atoms with van der Waals surface area (Å²) in [6, 6.07) is 12.6. The van der Waals surface area contributed by atoms with Gasteiger partial charge in [-0.25, -0.2) is 4.68 Å². The minimum absolute atomic E-state index is 0.0241. The molecule has 8 nitrogen and oxygen atoms in total. The van der Waals surface area contributed by atoms with Crippen molar-refractivity contribution in [2.75, 3.05) is 13.1 Å². The molecule has 1 saturated heterocycles. The second-order valence-corrected chi connectivity index (χ2v) is 6.66. The van der Waals surface area contributed by atoms with Crippen molar-refractivity contribution in [3.8, 4) is 11.7 Å². The molecule has 27 heavy (non-hydrogen) atoms. The Balaban J connectivity index is 1.31. The summed E-state index contributed by atoms with van der Waals surface area (Å²) in [5.74, 6) is 1.04. The number of carbonyl (C=O) groups is 1. The predicted molar refractivity (Wildman–Crippen MR) is 93.4 cm³/mol. The van der Waals surface area contributed by atoms with E-state index in [-0.39, 0.29) is 23.8 Å². The van der Waals surface area contributed by atoms with Gasteiger partial charge in [0.25, 0.3) is 11.9 Å². The molecule has 0 saturated carbocycles. The van der Waals surface area contributed by atoms with Gasteiger partial charge in [-0.2, -0.15) is 0 Å². The van der Waals surface area contributed by atoms with Gasteiger partial charge in [0, 0.05) is 19.2 Å². The molecular weight excluding hydrogens is 348 g/mol. The van der Waals surface area contributed by atoms with E-state index >= 15 is 0 Å². The fraction of sp³-hybridized carbons (Fsp3) is 0.316. The van der Waals surface area contributed by atoms with Crippen LogP contribution < -0.4 is 4.74 Å². The number of amides is 1. The van der Waals surface area contributed by atoms with Crippen molar-refractivity contribution in [2.45, 2.75) is 25.2 Å². The predicted octanol–water partition coefficient (Wildman–Crippen LogP) is 2.65. The highest BCUT2D eigenvalue weighted by Crippen LogP contribution is 2.31. The lowest BCUT2D eigenvalue weighted by Gasteiger charge is -2.40. The minimum Gasteiger partial charge on any atom is -0.426 e. The molecule has 2 atom stereocenters. The molecule has 5 rings (SSSR count). The molecule has 0 radical (unpaired) electrons. The maximum absolute atomic E-state index is 12.9. The Morgan fingerprint density at radius 1 is 1.19 bits per heavy atom. The Bertz CT molecular complexity index is 952. The van der Waals surface area contributed by atoms with Crippen molar-refractivity contribution in [3.63, 3.8) is 0 Å². The smallest absolute Gasteiger partial charge is 0.290 e. The largest absolute Gasteiger partial charge is 0.426 e. The second-order valence-electron chi connectivity index (χ2n) is 6.66. The van der Waals surface area contributed by atoms with Crippen LogP contribution in [0.1, 0.15) is 28.7 Å². The van der Waals surface area contributed by atoms with Gasteiger partial charge >= 0.3 is 0 Å². The molecular formula is C19H18N4O4. The summed E-state index contributed by atoms with van der Waals surface area (Å²) in [6.45, 7) is 1.63. The topological polar surface area (TPSA) is 82.6 Å². The third kappa shape index (κ3) is 2.97. The number of benzene rings is 1. The number of para-hydroxylation sites is 1. The van der Waals surface area contributed by atoms with Crippen molar-refractivity contribution in [1.82, 2.24) is 19.9 Å². The molecule has 8 heteroatoms. The number of nitrogens with zero attached hydrogens (tertiary/aromatic N) is 4. The minimum atomic E-state index is -0.163. The van der Waals surface area contributed by atoms with Gasteiger partial charge in [-0.15, -0.1) is 5.10 Å². The number of piperidine rings is 1.